The highest BCUT2D eigenvalue weighted by Gasteiger charge is 2.07. The third-order valence-electron chi connectivity index (χ3n) is 1.78. The lowest BCUT2D eigenvalue weighted by Gasteiger charge is -1.93. The van der Waals surface area contributed by atoms with Crippen molar-refractivity contribution in [2.45, 2.75) is 26.8 Å². The van der Waals surface area contributed by atoms with Gasteiger partial charge >= 0.3 is 0 Å². The molecule has 0 fully saturated rings. The molecule has 0 saturated carbocycles. The number of nitrogens with one attached hydrogen (secondary N) is 1. The Bertz CT molecular complexity index is 230. The molecule has 0 aromatic carbocycles. The van der Waals surface area contributed by atoms with Crippen LogP contribution in [0, 0.1) is 6.92 Å². The van der Waals surface area contributed by atoms with E-state index in [1.807, 2.05) is 14.0 Å². The van der Waals surface area contributed by atoms with Crippen LogP contribution in [0.5, 0.6) is 0 Å². The predicted molar refractivity (Wildman–Crippen MR) is 43.4 cm³/mol. The number of nitrogens with zero attached hydrogens (tertiary/aromatic N) is 1. The van der Waals surface area contributed by atoms with Crippen LogP contribution in [0.4, 0.5) is 0 Å². The van der Waals surface area contributed by atoms with Gasteiger partial charge < -0.3 is 9.84 Å². The molecule has 0 radical (unpaired) electrons. The first-order chi connectivity index (χ1) is 5.29. The van der Waals surface area contributed by atoms with Crippen molar-refractivity contribution in [3.05, 3.63) is 17.0 Å². The molecular formula is C8H14N2O. The van der Waals surface area contributed by atoms with E-state index in [1.54, 1.807) is 0 Å². The fraction of sp³-hybridized carbons (Fsp3) is 0.625. The van der Waals surface area contributed by atoms with Crippen molar-refractivity contribution in [2.24, 2.45) is 0 Å². The zero-order valence-corrected chi connectivity index (χ0v) is 7.27. The summed E-state index contributed by atoms with van der Waals surface area (Å²) in [5, 5.41) is 6.98. The minimum atomic E-state index is 0.787. The molecule has 0 aliphatic heterocycles. The van der Waals surface area contributed by atoms with Gasteiger partial charge in [0, 0.05) is 18.5 Å². The van der Waals surface area contributed by atoms with E-state index in [4.69, 9.17) is 4.52 Å². The van der Waals surface area contributed by atoms with Gasteiger partial charge in [-0.25, -0.2) is 0 Å². The molecule has 0 atom stereocenters. The van der Waals surface area contributed by atoms with Crippen molar-refractivity contribution in [1.29, 1.82) is 0 Å². The summed E-state index contributed by atoms with van der Waals surface area (Å²) >= 11 is 0. The zero-order chi connectivity index (χ0) is 8.27. The molecule has 1 aromatic heterocycles. The third-order valence-corrected chi connectivity index (χ3v) is 1.78. The molecular weight excluding hydrogens is 140 g/mol. The molecule has 0 bridgehead atoms. The van der Waals surface area contributed by atoms with E-state index in [-0.39, 0.29) is 0 Å². The molecule has 1 N–H and O–H groups in total. The molecule has 1 heterocycles. The van der Waals surface area contributed by atoms with Gasteiger partial charge in [-0.05, 0) is 14.0 Å². The van der Waals surface area contributed by atoms with Crippen LogP contribution in [0.25, 0.3) is 0 Å². The Balaban J connectivity index is 2.82. The number of aryl methyl sites for hydroxylation is 1. The van der Waals surface area contributed by atoms with Crippen molar-refractivity contribution >= 4 is 0 Å². The second-order valence-electron chi connectivity index (χ2n) is 2.56. The Morgan fingerprint density at radius 3 is 2.73 bits per heavy atom. The molecule has 1 aromatic rings. The largest absolute Gasteiger partial charge is 0.361 e. The smallest absolute Gasteiger partial charge is 0.139 e. The van der Waals surface area contributed by atoms with Crippen LogP contribution in [0.1, 0.15) is 23.9 Å². The highest BCUT2D eigenvalue weighted by molar-refractivity contribution is 5.20. The Labute approximate surface area is 66.8 Å². The average Bonchev–Trinajstić information content (AvgIpc) is 2.34. The number of hydrogen-bond donors (Lipinski definition) is 1. The summed E-state index contributed by atoms with van der Waals surface area (Å²) < 4.78 is 5.11. The molecule has 3 heteroatoms. The maximum absolute atomic E-state index is 5.11. The highest BCUT2D eigenvalue weighted by Crippen LogP contribution is 2.12. The third kappa shape index (κ3) is 1.60. The summed E-state index contributed by atoms with van der Waals surface area (Å²) in [6, 6.07) is 0. The van der Waals surface area contributed by atoms with Crippen LogP contribution in [0.15, 0.2) is 4.52 Å². The van der Waals surface area contributed by atoms with Gasteiger partial charge in [-0.1, -0.05) is 12.1 Å². The topological polar surface area (TPSA) is 38.1 Å². The molecule has 0 aliphatic rings. The molecule has 3 nitrogen and oxygen atoms in total. The molecule has 62 valence electrons. The van der Waals surface area contributed by atoms with Crippen molar-refractivity contribution in [2.75, 3.05) is 7.05 Å². The van der Waals surface area contributed by atoms with Gasteiger partial charge in [-0.15, -0.1) is 0 Å². The van der Waals surface area contributed by atoms with Crippen LogP contribution >= 0.6 is 0 Å². The lowest BCUT2D eigenvalue weighted by Crippen LogP contribution is -2.06. The SMILES string of the molecule is CCc1onc(CNC)c1C. The number of aromatic nitrogens is 1. The fourth-order valence-electron chi connectivity index (χ4n) is 1.07. The van der Waals surface area contributed by atoms with E-state index in [0.717, 1.165) is 24.4 Å². The predicted octanol–water partition coefficient (Wildman–Crippen LogP) is 1.26. The van der Waals surface area contributed by atoms with Gasteiger partial charge in [-0.3, -0.25) is 0 Å². The summed E-state index contributed by atoms with van der Waals surface area (Å²) in [5.41, 5.74) is 2.20. The Morgan fingerprint density at radius 1 is 1.55 bits per heavy atom. The van der Waals surface area contributed by atoms with Crippen LogP contribution in [0.2, 0.25) is 0 Å². The summed E-state index contributed by atoms with van der Waals surface area (Å²) in [7, 11) is 1.90. The summed E-state index contributed by atoms with van der Waals surface area (Å²) in [6.45, 7) is 4.90. The second-order valence-corrected chi connectivity index (χ2v) is 2.56. The van der Waals surface area contributed by atoms with Crippen LogP contribution in [-0.4, -0.2) is 12.2 Å². The van der Waals surface area contributed by atoms with Gasteiger partial charge in [0.2, 0.25) is 0 Å². The molecule has 1 rings (SSSR count). The van der Waals surface area contributed by atoms with Crippen molar-refractivity contribution in [1.82, 2.24) is 10.5 Å². The quantitative estimate of drug-likeness (QED) is 0.712. The number of hydrogen-bond acceptors (Lipinski definition) is 3. The van der Waals surface area contributed by atoms with E-state index >= 15 is 0 Å². The monoisotopic (exact) mass is 154 g/mol. The van der Waals surface area contributed by atoms with Crippen LogP contribution in [-0.2, 0) is 13.0 Å². The lowest BCUT2D eigenvalue weighted by atomic mass is 10.2. The van der Waals surface area contributed by atoms with E-state index in [2.05, 4.69) is 17.4 Å². The number of rotatable bonds is 3. The van der Waals surface area contributed by atoms with E-state index in [1.165, 1.54) is 5.56 Å². The molecule has 11 heavy (non-hydrogen) atoms. The first-order valence-electron chi connectivity index (χ1n) is 3.88. The van der Waals surface area contributed by atoms with E-state index < -0.39 is 0 Å². The van der Waals surface area contributed by atoms with Crippen molar-refractivity contribution in [3.63, 3.8) is 0 Å². The van der Waals surface area contributed by atoms with Gasteiger partial charge in [0.1, 0.15) is 11.5 Å². The van der Waals surface area contributed by atoms with Gasteiger partial charge in [-0.2, -0.15) is 0 Å². The van der Waals surface area contributed by atoms with Crippen LogP contribution < -0.4 is 5.32 Å². The first kappa shape index (κ1) is 8.27. The lowest BCUT2D eigenvalue weighted by molar-refractivity contribution is 0.378. The van der Waals surface area contributed by atoms with Crippen LogP contribution in [0.3, 0.4) is 0 Å². The van der Waals surface area contributed by atoms with Crippen molar-refractivity contribution in [3.8, 4) is 0 Å². The standard InChI is InChI=1S/C8H14N2O/c1-4-8-6(2)7(5-9-3)10-11-8/h9H,4-5H2,1-3H3. The average molecular weight is 154 g/mol. The second kappa shape index (κ2) is 3.53. The first-order valence-corrected chi connectivity index (χ1v) is 3.88. The molecule has 0 unspecified atom stereocenters. The summed E-state index contributed by atoms with van der Waals surface area (Å²) in [6.07, 6.45) is 0.919. The maximum Gasteiger partial charge on any atom is 0.139 e. The van der Waals surface area contributed by atoms with Gasteiger partial charge in [0.15, 0.2) is 0 Å². The minimum Gasteiger partial charge on any atom is -0.361 e. The van der Waals surface area contributed by atoms with Gasteiger partial charge in [0.05, 0.1) is 0 Å². The molecule has 0 aliphatic carbocycles. The summed E-state index contributed by atoms with van der Waals surface area (Å²) in [4.78, 5) is 0. The van der Waals surface area contributed by atoms with E-state index in [0.29, 0.717) is 0 Å². The van der Waals surface area contributed by atoms with Gasteiger partial charge in [0.25, 0.3) is 0 Å². The zero-order valence-electron chi connectivity index (χ0n) is 7.27. The maximum atomic E-state index is 5.11. The minimum absolute atomic E-state index is 0.787. The molecule has 0 saturated heterocycles. The normalized spacial score (nSPS) is 10.5. The summed E-state index contributed by atoms with van der Waals surface area (Å²) in [5.74, 6) is 0.996. The van der Waals surface area contributed by atoms with E-state index in [9.17, 15) is 0 Å². The Hall–Kier alpha value is -0.830. The Kier molecular flexibility index (Phi) is 2.65. The molecule has 0 amide bonds. The fourth-order valence-corrected chi connectivity index (χ4v) is 1.07. The Morgan fingerprint density at radius 2 is 2.27 bits per heavy atom. The highest BCUT2D eigenvalue weighted by atomic mass is 16.5. The van der Waals surface area contributed by atoms with Crippen molar-refractivity contribution < 1.29 is 4.52 Å². The molecule has 0 spiro atoms.